The van der Waals surface area contributed by atoms with E-state index in [1.807, 2.05) is 0 Å². The number of rotatable bonds is 2. The monoisotopic (exact) mass is 732 g/mol. The fourth-order valence-electron chi connectivity index (χ4n) is 5.72. The number of imidazole rings is 3. The molecule has 47 heavy (non-hydrogen) atoms. The van der Waals surface area contributed by atoms with Gasteiger partial charge in [0.05, 0.1) is 25.9 Å². The number of H-pyrrole nitrogens is 1. The first-order chi connectivity index (χ1) is 22.4. The van der Waals surface area contributed by atoms with Gasteiger partial charge in [-0.25, -0.2) is 33.5 Å². The standard InChI is InChI=1S/C22H23FN10O10P2S2/c23-10-14-9(41-20(10)32-6-28-11-16(24)26-5-27-17(11)32)4-39-45(37,47)43-15-13(34)8(3-38-44(36,46)42-14)40-21(15)33-7-29-12-18(33)30-22-25-1-2-31(22)19(12)35/h1-2,5-10,13-15,20-21,34H,3-4H2,(H,25,30)(H,36,46)(H,37,47)(H2,24,26,27)/t8-,9-,10+,13-,14-,15-,20-,21-,44?,45?/m1/s1. The lowest BCUT2D eigenvalue weighted by molar-refractivity contribution is -0.0568. The fraction of sp³-hybridized carbons (Fsp3) is 0.455. The SMILES string of the molecule is Nc1ncnc2c1ncn2[C@@H]1O[C@@H]2COP(=O)(S)O[C@@H]3[C@H](O)[C@@H](COP(=O)(S)O[C@H]2[C@@H]1F)O[C@H]3n1cnc2c(=O)n3cc[nH]c3nc21. The number of aromatic nitrogens is 9. The number of anilines is 1. The minimum Gasteiger partial charge on any atom is -0.387 e. The highest BCUT2D eigenvalue weighted by Gasteiger charge is 2.54. The molecule has 2 unspecified atom stereocenters. The number of fused-ring (bicyclic) bond motifs is 6. The molecule has 3 fully saturated rings. The van der Waals surface area contributed by atoms with Gasteiger partial charge in [0.2, 0.25) is 5.78 Å². The van der Waals surface area contributed by atoms with Crippen LogP contribution in [0.4, 0.5) is 10.2 Å². The summed E-state index contributed by atoms with van der Waals surface area (Å²) in [4.78, 5) is 36.4. The number of aromatic amines is 1. The molecule has 250 valence electrons. The first kappa shape index (κ1) is 31.3. The highest BCUT2D eigenvalue weighted by molar-refractivity contribution is 8.44. The third kappa shape index (κ3) is 5.29. The Morgan fingerprint density at radius 1 is 0.936 bits per heavy atom. The van der Waals surface area contributed by atoms with E-state index in [0.717, 1.165) is 6.33 Å². The van der Waals surface area contributed by atoms with Gasteiger partial charge in [0, 0.05) is 12.4 Å². The topological polar surface area (TPSA) is 247 Å². The summed E-state index contributed by atoms with van der Waals surface area (Å²) in [6.07, 6.45) is -5.59. The fourth-order valence-corrected chi connectivity index (χ4v) is 8.67. The number of nitrogens with one attached hydrogen (secondary N) is 1. The van der Waals surface area contributed by atoms with Gasteiger partial charge in [0.1, 0.15) is 42.4 Å². The molecule has 4 N–H and O–H groups in total. The number of alkyl halides is 1. The normalized spacial score (nSPS) is 36.8. The van der Waals surface area contributed by atoms with Crippen LogP contribution in [0.15, 0.2) is 36.2 Å². The van der Waals surface area contributed by atoms with Crippen LogP contribution < -0.4 is 11.3 Å². The number of ether oxygens (including phenoxy) is 2. The van der Waals surface area contributed by atoms with Crippen molar-refractivity contribution in [3.8, 4) is 0 Å². The predicted octanol–water partition coefficient (Wildman–Crippen LogP) is 1.18. The lowest BCUT2D eigenvalue weighted by Crippen LogP contribution is -2.35. The summed E-state index contributed by atoms with van der Waals surface area (Å²) in [5.41, 5.74) is 5.70. The summed E-state index contributed by atoms with van der Waals surface area (Å²) >= 11 is 8.10. The van der Waals surface area contributed by atoms with Gasteiger partial charge in [-0.05, 0) is 0 Å². The van der Waals surface area contributed by atoms with E-state index in [2.05, 4.69) is 54.4 Å². The summed E-state index contributed by atoms with van der Waals surface area (Å²) in [5.74, 6) is 0.237. The van der Waals surface area contributed by atoms with Gasteiger partial charge in [-0.1, -0.05) is 24.5 Å². The highest BCUT2D eigenvalue weighted by Crippen LogP contribution is 2.60. The van der Waals surface area contributed by atoms with Crippen molar-refractivity contribution in [2.24, 2.45) is 0 Å². The number of halogens is 1. The largest absolute Gasteiger partial charge is 0.387 e. The van der Waals surface area contributed by atoms with Gasteiger partial charge in [0.25, 0.3) is 5.56 Å². The number of aliphatic hydroxyl groups is 1. The molecule has 3 aliphatic rings. The van der Waals surface area contributed by atoms with Gasteiger partial charge in [-0.3, -0.25) is 36.4 Å². The van der Waals surface area contributed by atoms with Crippen LogP contribution in [0.3, 0.4) is 0 Å². The smallest absolute Gasteiger partial charge is 0.386 e. The maximum Gasteiger partial charge on any atom is 0.386 e. The van der Waals surface area contributed by atoms with Crippen LogP contribution in [-0.2, 0) is 36.7 Å². The van der Waals surface area contributed by atoms with Crippen LogP contribution in [0, 0.1) is 0 Å². The first-order valence-corrected chi connectivity index (χ1v) is 19.1. The lowest BCUT2D eigenvalue weighted by Gasteiger charge is -2.26. The molecule has 20 nitrogen and oxygen atoms in total. The van der Waals surface area contributed by atoms with Crippen molar-refractivity contribution in [3.63, 3.8) is 0 Å². The van der Waals surface area contributed by atoms with Gasteiger partial charge >= 0.3 is 13.6 Å². The quantitative estimate of drug-likeness (QED) is 0.126. The van der Waals surface area contributed by atoms with Gasteiger partial charge < -0.3 is 25.3 Å². The molecule has 3 aliphatic heterocycles. The number of nitrogens with two attached hydrogens (primary N) is 1. The zero-order valence-electron chi connectivity index (χ0n) is 23.4. The van der Waals surface area contributed by atoms with Crippen molar-refractivity contribution in [1.29, 1.82) is 0 Å². The van der Waals surface area contributed by atoms with Crippen molar-refractivity contribution in [1.82, 2.24) is 43.4 Å². The maximum atomic E-state index is 16.0. The summed E-state index contributed by atoms with van der Waals surface area (Å²) in [6, 6.07) is 0. The second kappa shape index (κ2) is 11.3. The zero-order chi connectivity index (χ0) is 32.8. The number of aliphatic hydroxyl groups excluding tert-OH is 1. The highest BCUT2D eigenvalue weighted by atomic mass is 32.7. The Hall–Kier alpha value is -2.95. The van der Waals surface area contributed by atoms with Crippen LogP contribution in [-0.4, -0.2) is 98.5 Å². The average Bonchev–Trinajstić information content (AvgIpc) is 3.85. The van der Waals surface area contributed by atoms with Crippen LogP contribution in [0.25, 0.3) is 28.1 Å². The Balaban J connectivity index is 1.12. The average molecular weight is 733 g/mol. The molecule has 0 amide bonds. The van der Waals surface area contributed by atoms with E-state index in [9.17, 15) is 19.0 Å². The molecule has 8 heterocycles. The molecule has 25 heteroatoms. The van der Waals surface area contributed by atoms with Crippen molar-refractivity contribution in [2.75, 3.05) is 18.9 Å². The van der Waals surface area contributed by atoms with Crippen LogP contribution in [0.2, 0.25) is 0 Å². The van der Waals surface area contributed by atoms with E-state index in [1.165, 1.54) is 38.6 Å². The zero-order valence-corrected chi connectivity index (χ0v) is 26.9. The number of hydrogen-bond acceptors (Lipinski definition) is 16. The summed E-state index contributed by atoms with van der Waals surface area (Å²) in [7, 11) is 0. The second-order valence-corrected chi connectivity index (χ2v) is 16.5. The molecule has 0 aromatic carbocycles. The van der Waals surface area contributed by atoms with E-state index in [4.69, 9.17) is 33.3 Å². The predicted molar refractivity (Wildman–Crippen MR) is 162 cm³/mol. The number of nitrogen functional groups attached to an aromatic ring is 1. The molecule has 10 atom stereocenters. The number of nitrogens with zero attached hydrogens (tertiary/aromatic N) is 8. The maximum absolute atomic E-state index is 16.0. The van der Waals surface area contributed by atoms with E-state index in [0.29, 0.717) is 0 Å². The molecule has 5 aromatic rings. The molecule has 0 aliphatic carbocycles. The molecule has 3 saturated heterocycles. The first-order valence-electron chi connectivity index (χ1n) is 13.7. The molecule has 2 bridgehead atoms. The lowest BCUT2D eigenvalue weighted by atomic mass is 10.1. The van der Waals surface area contributed by atoms with Crippen LogP contribution in [0.5, 0.6) is 0 Å². The summed E-state index contributed by atoms with van der Waals surface area (Å²) < 4.78 is 80.9. The van der Waals surface area contributed by atoms with Gasteiger partial charge in [-0.2, -0.15) is 4.98 Å². The van der Waals surface area contributed by atoms with Gasteiger partial charge in [-0.15, -0.1) is 0 Å². The Kier molecular flexibility index (Phi) is 7.54. The Labute approximate surface area is 271 Å². The minimum atomic E-state index is -4.42. The third-order valence-electron chi connectivity index (χ3n) is 7.89. The summed E-state index contributed by atoms with van der Waals surface area (Å²) in [5, 5.41) is 11.2. The second-order valence-electron chi connectivity index (χ2n) is 10.7. The van der Waals surface area contributed by atoms with Crippen molar-refractivity contribution < 1.29 is 46.2 Å². The van der Waals surface area contributed by atoms with Crippen molar-refractivity contribution >= 4 is 72.0 Å². The molecule has 0 saturated carbocycles. The van der Waals surface area contributed by atoms with Gasteiger partial charge in [0.15, 0.2) is 41.3 Å². The van der Waals surface area contributed by atoms with E-state index >= 15 is 4.39 Å². The van der Waals surface area contributed by atoms with Crippen LogP contribution >= 0.6 is 38.1 Å². The Morgan fingerprint density at radius 2 is 1.60 bits per heavy atom. The van der Waals surface area contributed by atoms with Crippen LogP contribution in [0.1, 0.15) is 12.5 Å². The number of thiol groups is 2. The Bertz CT molecular complexity index is 2180. The third-order valence-corrected chi connectivity index (χ3v) is 11.1. The van der Waals surface area contributed by atoms with Crippen molar-refractivity contribution in [2.45, 2.75) is 49.1 Å². The molecule has 0 spiro atoms. The van der Waals surface area contributed by atoms with E-state index in [1.54, 1.807) is 0 Å². The minimum absolute atomic E-state index is 0.0359. The number of hydrogen-bond donors (Lipinski definition) is 5. The molecular formula is C22H23FN10O10P2S2. The van der Waals surface area contributed by atoms with E-state index < -0.39 is 81.5 Å². The Morgan fingerprint density at radius 3 is 2.36 bits per heavy atom. The molecule has 0 radical (unpaired) electrons. The molecule has 5 aromatic heterocycles. The summed E-state index contributed by atoms with van der Waals surface area (Å²) in [6.45, 7) is -10.1. The molecule has 8 rings (SSSR count). The van der Waals surface area contributed by atoms with Crippen molar-refractivity contribution in [3.05, 3.63) is 41.7 Å². The van der Waals surface area contributed by atoms with E-state index in [-0.39, 0.29) is 33.9 Å². The molecular weight excluding hydrogens is 709 g/mol.